The van der Waals surface area contributed by atoms with E-state index >= 15 is 0 Å². The minimum Gasteiger partial charge on any atom is -0.360 e. The summed E-state index contributed by atoms with van der Waals surface area (Å²) in [5.74, 6) is 0.274. The second-order valence-corrected chi connectivity index (χ2v) is 8.52. The summed E-state index contributed by atoms with van der Waals surface area (Å²) < 4.78 is 0. The fourth-order valence-corrected chi connectivity index (χ4v) is 4.74. The number of rotatable bonds is 3. The van der Waals surface area contributed by atoms with Crippen molar-refractivity contribution in [2.75, 3.05) is 44.2 Å². The molecule has 6 heteroatoms. The molecule has 1 fully saturated rings. The summed E-state index contributed by atoms with van der Waals surface area (Å²) in [6, 6.07) is 16.4. The van der Waals surface area contributed by atoms with Crippen molar-refractivity contribution in [2.45, 2.75) is 13.0 Å². The van der Waals surface area contributed by atoms with E-state index in [9.17, 15) is 4.79 Å². The Bertz CT molecular complexity index is 1020. The Morgan fingerprint density at radius 3 is 2.59 bits per heavy atom. The number of carbonyl (C=O) groups excluding carboxylic acids is 1. The van der Waals surface area contributed by atoms with Crippen LogP contribution in [0.25, 0.3) is 10.9 Å². The van der Waals surface area contributed by atoms with Gasteiger partial charge < -0.3 is 19.7 Å². The van der Waals surface area contributed by atoms with Crippen LogP contribution in [-0.2, 0) is 17.8 Å². The summed E-state index contributed by atoms with van der Waals surface area (Å²) in [6.07, 6.45) is 0.912. The first kappa shape index (κ1) is 18.5. The SMILES string of the molecule is O=C(C[NH+]1CCN(c2ccc(Cl)cc2)CC1)N1CCc2[nH]c3ccccc3c2C1. The van der Waals surface area contributed by atoms with Crippen molar-refractivity contribution in [2.24, 2.45) is 0 Å². The van der Waals surface area contributed by atoms with E-state index in [0.717, 1.165) is 50.7 Å². The number of fused-ring (bicyclic) bond motifs is 3. The maximum atomic E-state index is 13.0. The number of quaternary nitrogens is 1. The van der Waals surface area contributed by atoms with Gasteiger partial charge in [0.2, 0.25) is 0 Å². The van der Waals surface area contributed by atoms with Crippen molar-refractivity contribution in [1.82, 2.24) is 9.88 Å². The number of anilines is 1. The molecule has 3 aromatic rings. The van der Waals surface area contributed by atoms with Crippen molar-refractivity contribution >= 4 is 34.1 Å². The Balaban J connectivity index is 1.19. The molecular formula is C23H26ClN4O+. The number of piperazine rings is 1. The molecule has 2 aliphatic heterocycles. The molecule has 29 heavy (non-hydrogen) atoms. The van der Waals surface area contributed by atoms with Gasteiger partial charge in [0.15, 0.2) is 6.54 Å². The first-order chi connectivity index (χ1) is 14.2. The van der Waals surface area contributed by atoms with Crippen molar-refractivity contribution in [3.63, 3.8) is 0 Å². The molecule has 0 unspecified atom stereocenters. The van der Waals surface area contributed by atoms with Crippen LogP contribution in [0.4, 0.5) is 5.69 Å². The van der Waals surface area contributed by atoms with Crippen LogP contribution in [0.15, 0.2) is 48.5 Å². The lowest BCUT2D eigenvalue weighted by Gasteiger charge is -2.35. The zero-order chi connectivity index (χ0) is 19.8. The van der Waals surface area contributed by atoms with Crippen LogP contribution in [0.1, 0.15) is 11.3 Å². The number of amides is 1. The lowest BCUT2D eigenvalue weighted by molar-refractivity contribution is -0.892. The van der Waals surface area contributed by atoms with Crippen LogP contribution in [0.2, 0.25) is 5.02 Å². The van der Waals surface area contributed by atoms with E-state index in [4.69, 9.17) is 11.6 Å². The number of hydrogen-bond acceptors (Lipinski definition) is 2. The molecule has 2 aliphatic rings. The van der Waals surface area contributed by atoms with E-state index < -0.39 is 0 Å². The minimum absolute atomic E-state index is 0.274. The van der Waals surface area contributed by atoms with E-state index in [1.165, 1.54) is 32.7 Å². The number of benzene rings is 2. The summed E-state index contributed by atoms with van der Waals surface area (Å²) in [5.41, 5.74) is 4.97. The zero-order valence-corrected chi connectivity index (χ0v) is 17.2. The van der Waals surface area contributed by atoms with Gasteiger partial charge in [0.1, 0.15) is 0 Å². The van der Waals surface area contributed by atoms with Gasteiger partial charge >= 0.3 is 0 Å². The highest BCUT2D eigenvalue weighted by Gasteiger charge is 2.28. The molecule has 1 saturated heterocycles. The lowest BCUT2D eigenvalue weighted by Crippen LogP contribution is -3.15. The second-order valence-electron chi connectivity index (χ2n) is 8.08. The summed E-state index contributed by atoms with van der Waals surface area (Å²) in [7, 11) is 0. The van der Waals surface area contributed by atoms with E-state index in [-0.39, 0.29) is 5.91 Å². The molecule has 0 saturated carbocycles. The normalized spacial score (nSPS) is 17.6. The number of halogens is 1. The number of H-pyrrole nitrogens is 1. The molecule has 0 radical (unpaired) electrons. The predicted octanol–water partition coefficient (Wildman–Crippen LogP) is 2.11. The monoisotopic (exact) mass is 409 g/mol. The molecule has 2 aromatic carbocycles. The maximum absolute atomic E-state index is 13.0. The Hall–Kier alpha value is -2.50. The van der Waals surface area contributed by atoms with Crippen LogP contribution in [0.3, 0.4) is 0 Å². The third-order valence-electron chi connectivity index (χ3n) is 6.30. The number of para-hydroxylation sites is 1. The van der Waals surface area contributed by atoms with Crippen LogP contribution < -0.4 is 9.80 Å². The van der Waals surface area contributed by atoms with E-state index in [2.05, 4.69) is 46.3 Å². The van der Waals surface area contributed by atoms with Gasteiger partial charge in [-0.05, 0) is 30.3 Å². The van der Waals surface area contributed by atoms with Crippen LogP contribution in [0, 0.1) is 0 Å². The van der Waals surface area contributed by atoms with Crippen molar-refractivity contribution in [1.29, 1.82) is 0 Å². The Labute approximate surface area is 175 Å². The van der Waals surface area contributed by atoms with Crippen LogP contribution in [-0.4, -0.2) is 55.1 Å². The molecule has 0 spiro atoms. The van der Waals surface area contributed by atoms with Crippen molar-refractivity contribution in [3.8, 4) is 0 Å². The highest BCUT2D eigenvalue weighted by Crippen LogP contribution is 2.27. The smallest absolute Gasteiger partial charge is 0.278 e. The molecule has 0 aliphatic carbocycles. The molecule has 0 bridgehead atoms. The molecule has 150 valence electrons. The van der Waals surface area contributed by atoms with E-state index in [1.807, 2.05) is 17.0 Å². The summed E-state index contributed by atoms with van der Waals surface area (Å²) in [4.78, 5) is 22.3. The summed E-state index contributed by atoms with van der Waals surface area (Å²) in [5, 5.41) is 2.02. The highest BCUT2D eigenvalue weighted by atomic mass is 35.5. The van der Waals surface area contributed by atoms with E-state index in [1.54, 1.807) is 0 Å². The van der Waals surface area contributed by atoms with Crippen molar-refractivity contribution < 1.29 is 9.69 Å². The molecule has 3 heterocycles. The van der Waals surface area contributed by atoms with Crippen LogP contribution >= 0.6 is 11.6 Å². The number of nitrogens with one attached hydrogen (secondary N) is 2. The highest BCUT2D eigenvalue weighted by molar-refractivity contribution is 6.30. The Morgan fingerprint density at radius 2 is 1.79 bits per heavy atom. The lowest BCUT2D eigenvalue weighted by atomic mass is 10.0. The quantitative estimate of drug-likeness (QED) is 0.696. The van der Waals surface area contributed by atoms with Gasteiger partial charge in [-0.15, -0.1) is 0 Å². The molecule has 5 nitrogen and oxygen atoms in total. The predicted molar refractivity (Wildman–Crippen MR) is 117 cm³/mol. The minimum atomic E-state index is 0.274. The number of hydrogen-bond donors (Lipinski definition) is 2. The Morgan fingerprint density at radius 1 is 1.03 bits per heavy atom. The zero-order valence-electron chi connectivity index (χ0n) is 16.5. The molecule has 1 aromatic heterocycles. The Kier molecular flexibility index (Phi) is 4.94. The third kappa shape index (κ3) is 3.72. The standard InChI is InChI=1S/C23H25ClN4O/c24-17-5-7-18(8-6-17)27-13-11-26(12-14-27)16-23(29)28-10-9-22-20(15-28)19-3-1-2-4-21(19)25-22/h1-8,25H,9-16H2/p+1. The number of aromatic amines is 1. The largest absolute Gasteiger partial charge is 0.360 e. The maximum Gasteiger partial charge on any atom is 0.278 e. The van der Waals surface area contributed by atoms with Gasteiger partial charge in [-0.1, -0.05) is 29.8 Å². The average Bonchev–Trinajstić information content (AvgIpc) is 3.13. The molecule has 2 N–H and O–H groups in total. The molecular weight excluding hydrogens is 384 g/mol. The number of nitrogens with zero attached hydrogens (tertiary/aromatic N) is 2. The van der Waals surface area contributed by atoms with Gasteiger partial charge in [-0.2, -0.15) is 0 Å². The van der Waals surface area contributed by atoms with Gasteiger partial charge in [0.05, 0.1) is 26.2 Å². The fourth-order valence-electron chi connectivity index (χ4n) is 4.61. The molecule has 1 amide bonds. The molecule has 5 rings (SSSR count). The average molecular weight is 410 g/mol. The van der Waals surface area contributed by atoms with Gasteiger partial charge in [0.25, 0.3) is 5.91 Å². The van der Waals surface area contributed by atoms with Crippen molar-refractivity contribution in [3.05, 3.63) is 64.8 Å². The van der Waals surface area contributed by atoms with Gasteiger partial charge in [0, 0.05) is 52.4 Å². The second kappa shape index (κ2) is 7.73. The summed E-state index contributed by atoms with van der Waals surface area (Å²) in [6.45, 7) is 6.03. The van der Waals surface area contributed by atoms with Crippen LogP contribution in [0.5, 0.6) is 0 Å². The topological polar surface area (TPSA) is 43.8 Å². The summed E-state index contributed by atoms with van der Waals surface area (Å²) >= 11 is 5.99. The fraction of sp³-hybridized carbons (Fsp3) is 0.348. The first-order valence-corrected chi connectivity index (χ1v) is 10.8. The molecule has 0 atom stereocenters. The number of carbonyl (C=O) groups is 1. The third-order valence-corrected chi connectivity index (χ3v) is 6.55. The number of aromatic nitrogens is 1. The van der Waals surface area contributed by atoms with Gasteiger partial charge in [-0.25, -0.2) is 0 Å². The first-order valence-electron chi connectivity index (χ1n) is 10.4. The van der Waals surface area contributed by atoms with Gasteiger partial charge in [-0.3, -0.25) is 4.79 Å². The van der Waals surface area contributed by atoms with E-state index in [0.29, 0.717) is 6.54 Å².